The van der Waals surface area contributed by atoms with Crippen molar-refractivity contribution >= 4 is 29.0 Å². The molecule has 0 fully saturated rings. The third-order valence-electron chi connectivity index (χ3n) is 2.21. The second-order valence-electron chi connectivity index (χ2n) is 3.42. The fraction of sp³-hybridized carbons (Fsp3) is 0. The summed E-state index contributed by atoms with van der Waals surface area (Å²) in [6.07, 6.45) is 0. The number of para-hydroxylation sites is 1. The predicted molar refractivity (Wildman–Crippen MR) is 69.1 cm³/mol. The van der Waals surface area contributed by atoms with Crippen LogP contribution < -0.4 is 5.32 Å². The van der Waals surface area contributed by atoms with Gasteiger partial charge in [0.2, 0.25) is 0 Å². The largest absolute Gasteiger partial charge is 0.340 e. The van der Waals surface area contributed by atoms with Gasteiger partial charge in [-0.15, -0.1) is 4.91 Å². The summed E-state index contributed by atoms with van der Waals surface area (Å²) in [5, 5.41) is 5.51. The Bertz CT molecular complexity index is 587. The number of carbonyl (C=O) groups excluding carboxylic acids is 1. The van der Waals surface area contributed by atoms with Gasteiger partial charge in [-0.25, -0.2) is 4.98 Å². The Kier molecular flexibility index (Phi) is 3.64. The summed E-state index contributed by atoms with van der Waals surface area (Å²) in [4.78, 5) is 25.6. The summed E-state index contributed by atoms with van der Waals surface area (Å²) >= 11 is 5.76. The molecule has 0 unspecified atom stereocenters. The Morgan fingerprint density at radius 3 is 2.56 bits per heavy atom. The van der Waals surface area contributed by atoms with Gasteiger partial charge in [-0.3, -0.25) is 4.79 Å². The maximum absolute atomic E-state index is 11.3. The number of hydrogen-bond acceptors (Lipinski definition) is 4. The van der Waals surface area contributed by atoms with Crippen LogP contribution in [0.4, 0.5) is 11.5 Å². The van der Waals surface area contributed by atoms with E-state index in [0.29, 0.717) is 0 Å². The molecule has 90 valence electrons. The summed E-state index contributed by atoms with van der Waals surface area (Å²) in [5.41, 5.74) is 0.811. The third-order valence-corrected chi connectivity index (χ3v) is 2.42. The van der Waals surface area contributed by atoms with Crippen molar-refractivity contribution in [1.29, 1.82) is 0 Å². The molecule has 0 aliphatic carbocycles. The van der Waals surface area contributed by atoms with Crippen LogP contribution in [0.2, 0.25) is 5.15 Å². The van der Waals surface area contributed by atoms with Gasteiger partial charge >= 0.3 is 5.91 Å². The Hall–Kier alpha value is -2.27. The number of carbonyl (C=O) groups is 1. The summed E-state index contributed by atoms with van der Waals surface area (Å²) in [5.74, 6) is -0.684. The fourth-order valence-electron chi connectivity index (χ4n) is 1.41. The lowest BCUT2D eigenvalue weighted by atomic mass is 10.2. The summed E-state index contributed by atoms with van der Waals surface area (Å²) in [6, 6.07) is 11.9. The van der Waals surface area contributed by atoms with E-state index in [4.69, 9.17) is 11.6 Å². The van der Waals surface area contributed by atoms with E-state index >= 15 is 0 Å². The highest BCUT2D eigenvalue weighted by atomic mass is 35.5. The van der Waals surface area contributed by atoms with Crippen molar-refractivity contribution in [2.75, 3.05) is 5.32 Å². The van der Waals surface area contributed by atoms with Crippen molar-refractivity contribution < 1.29 is 4.79 Å². The van der Waals surface area contributed by atoms with Crippen molar-refractivity contribution in [3.8, 4) is 0 Å². The molecule has 0 atom stereocenters. The van der Waals surface area contributed by atoms with Gasteiger partial charge in [0, 0.05) is 10.9 Å². The van der Waals surface area contributed by atoms with Gasteiger partial charge in [-0.05, 0) is 24.3 Å². The molecule has 1 amide bonds. The van der Waals surface area contributed by atoms with Crippen molar-refractivity contribution in [3.63, 3.8) is 0 Å². The quantitative estimate of drug-likeness (QED) is 0.679. The number of hydrogen-bond donors (Lipinski definition) is 1. The van der Waals surface area contributed by atoms with Gasteiger partial charge in [0.1, 0.15) is 11.0 Å². The van der Waals surface area contributed by atoms with Crippen LogP contribution in [-0.4, -0.2) is 10.9 Å². The van der Waals surface area contributed by atoms with E-state index in [9.17, 15) is 9.70 Å². The summed E-state index contributed by atoms with van der Waals surface area (Å²) in [6.45, 7) is 0. The van der Waals surface area contributed by atoms with Gasteiger partial charge in [-0.2, -0.15) is 0 Å². The monoisotopic (exact) mass is 261 g/mol. The summed E-state index contributed by atoms with van der Waals surface area (Å²) < 4.78 is 0. The lowest BCUT2D eigenvalue weighted by Crippen LogP contribution is -2.03. The van der Waals surface area contributed by atoms with Gasteiger partial charge in [0.15, 0.2) is 0 Å². The lowest BCUT2D eigenvalue weighted by Gasteiger charge is -2.08. The highest BCUT2D eigenvalue weighted by molar-refractivity contribution is 6.29. The Morgan fingerprint density at radius 1 is 1.17 bits per heavy atom. The molecule has 1 aromatic heterocycles. The van der Waals surface area contributed by atoms with E-state index < -0.39 is 5.91 Å². The molecule has 0 bridgehead atoms. The second kappa shape index (κ2) is 5.37. The fourth-order valence-corrected chi connectivity index (χ4v) is 1.56. The summed E-state index contributed by atoms with van der Waals surface area (Å²) in [7, 11) is 0. The molecule has 0 radical (unpaired) electrons. The van der Waals surface area contributed by atoms with Crippen molar-refractivity contribution in [2.45, 2.75) is 0 Å². The molecule has 18 heavy (non-hydrogen) atoms. The Balaban J connectivity index is 2.39. The molecule has 0 saturated carbocycles. The number of anilines is 2. The van der Waals surface area contributed by atoms with Gasteiger partial charge < -0.3 is 5.32 Å². The topological polar surface area (TPSA) is 71.4 Å². The van der Waals surface area contributed by atoms with Crippen LogP contribution in [0.3, 0.4) is 0 Å². The van der Waals surface area contributed by atoms with Crippen molar-refractivity contribution in [3.05, 3.63) is 58.1 Å². The van der Waals surface area contributed by atoms with Crippen LogP contribution in [0.1, 0.15) is 10.4 Å². The number of benzene rings is 1. The van der Waals surface area contributed by atoms with Gasteiger partial charge in [0.25, 0.3) is 0 Å². The molecule has 0 aliphatic rings. The molecular formula is C12H8ClN3O2. The molecule has 0 aliphatic heterocycles. The number of aromatic nitrogens is 1. The van der Waals surface area contributed by atoms with E-state index in [1.54, 1.807) is 12.1 Å². The molecule has 1 heterocycles. The third kappa shape index (κ3) is 2.70. The normalized spacial score (nSPS) is 9.83. The highest BCUT2D eigenvalue weighted by Crippen LogP contribution is 2.21. The number of halogens is 1. The molecule has 2 aromatic rings. The molecule has 5 nitrogen and oxygen atoms in total. The number of nitrogens with zero attached hydrogens (tertiary/aromatic N) is 2. The van der Waals surface area contributed by atoms with Crippen molar-refractivity contribution in [2.24, 2.45) is 5.18 Å². The molecule has 6 heteroatoms. The number of amides is 1. The molecule has 0 spiro atoms. The average molecular weight is 262 g/mol. The lowest BCUT2D eigenvalue weighted by molar-refractivity contribution is 0.100. The minimum atomic E-state index is -0.891. The highest BCUT2D eigenvalue weighted by Gasteiger charge is 2.14. The molecule has 1 N–H and O–H groups in total. The van der Waals surface area contributed by atoms with E-state index in [1.807, 2.05) is 18.2 Å². The average Bonchev–Trinajstić information content (AvgIpc) is 2.39. The van der Waals surface area contributed by atoms with E-state index in [2.05, 4.69) is 15.5 Å². The van der Waals surface area contributed by atoms with Crippen LogP contribution in [0.5, 0.6) is 0 Å². The Labute approximate surface area is 108 Å². The van der Waals surface area contributed by atoms with Gasteiger partial charge in [0.05, 0.1) is 5.56 Å². The van der Waals surface area contributed by atoms with Crippen LogP contribution in [0.15, 0.2) is 47.6 Å². The Morgan fingerprint density at radius 2 is 1.89 bits per heavy atom. The second-order valence-corrected chi connectivity index (χ2v) is 3.80. The van der Waals surface area contributed by atoms with E-state index in [0.717, 1.165) is 5.69 Å². The first-order valence-corrected chi connectivity index (χ1v) is 5.45. The first kappa shape index (κ1) is 12.2. The minimum absolute atomic E-state index is 0.0817. The standard InChI is InChI=1S/C12H8ClN3O2/c13-10-7-6-9(12(17)16-18)11(15-10)14-8-4-2-1-3-5-8/h1-7H,(H,14,15). The maximum atomic E-state index is 11.3. The molecular weight excluding hydrogens is 254 g/mol. The first-order chi connectivity index (χ1) is 8.70. The number of nitroso groups, excluding NO2 is 1. The zero-order valence-electron chi connectivity index (χ0n) is 9.13. The maximum Gasteiger partial charge on any atom is 0.320 e. The first-order valence-electron chi connectivity index (χ1n) is 5.07. The SMILES string of the molecule is O=NC(=O)c1ccc(Cl)nc1Nc1ccccc1. The smallest absolute Gasteiger partial charge is 0.320 e. The van der Waals surface area contributed by atoms with Crippen LogP contribution in [0, 0.1) is 4.91 Å². The molecule has 1 aromatic carbocycles. The van der Waals surface area contributed by atoms with Crippen LogP contribution >= 0.6 is 11.6 Å². The van der Waals surface area contributed by atoms with Crippen LogP contribution in [-0.2, 0) is 0 Å². The number of rotatable bonds is 3. The zero-order chi connectivity index (χ0) is 13.0. The molecule has 0 saturated heterocycles. The van der Waals surface area contributed by atoms with E-state index in [1.165, 1.54) is 12.1 Å². The van der Waals surface area contributed by atoms with Crippen LogP contribution in [0.25, 0.3) is 0 Å². The minimum Gasteiger partial charge on any atom is -0.340 e. The zero-order valence-corrected chi connectivity index (χ0v) is 9.89. The van der Waals surface area contributed by atoms with Crippen molar-refractivity contribution in [1.82, 2.24) is 4.98 Å². The molecule has 2 rings (SSSR count). The number of nitrogens with one attached hydrogen (secondary N) is 1. The van der Waals surface area contributed by atoms with Gasteiger partial charge in [-0.1, -0.05) is 29.8 Å². The predicted octanol–water partition coefficient (Wildman–Crippen LogP) is 3.39. The number of pyridine rings is 1. The van der Waals surface area contributed by atoms with E-state index in [-0.39, 0.29) is 16.5 Å².